The fourth-order valence-corrected chi connectivity index (χ4v) is 2.02. The summed E-state index contributed by atoms with van der Waals surface area (Å²) in [5, 5.41) is 17.7. The quantitative estimate of drug-likeness (QED) is 0.785. The van der Waals surface area contributed by atoms with Crippen molar-refractivity contribution in [3.8, 4) is 0 Å². The molecule has 1 aromatic rings. The lowest BCUT2D eigenvalue weighted by Gasteiger charge is -2.26. The van der Waals surface area contributed by atoms with E-state index in [9.17, 15) is 9.59 Å². The third kappa shape index (κ3) is 4.72. The minimum absolute atomic E-state index is 0.00320. The van der Waals surface area contributed by atoms with Crippen LogP contribution in [0.25, 0.3) is 6.08 Å². The Hall–Kier alpha value is -2.14. The predicted octanol–water partition coefficient (Wildman–Crippen LogP) is 1.94. The number of aliphatic hydroxyl groups excluding tert-OH is 1. The molecule has 21 heavy (non-hydrogen) atoms. The molecule has 1 rings (SSSR count). The van der Waals surface area contributed by atoms with E-state index in [1.54, 1.807) is 23.1 Å². The molecule has 0 aliphatic rings. The number of amides is 1. The Labute approximate surface area is 124 Å². The number of aliphatic hydroxyl groups is 1. The van der Waals surface area contributed by atoms with E-state index in [0.29, 0.717) is 5.56 Å². The Kier molecular flexibility index (Phi) is 6.11. The number of carboxylic acids is 1. The lowest BCUT2D eigenvalue weighted by atomic mass is 10.0. The molecular weight excluding hydrogens is 270 g/mol. The molecule has 0 aliphatic heterocycles. The van der Waals surface area contributed by atoms with Crippen molar-refractivity contribution in [3.05, 3.63) is 41.0 Å². The van der Waals surface area contributed by atoms with Crippen molar-refractivity contribution in [2.75, 3.05) is 13.2 Å². The number of aliphatic carboxylic acids is 1. The number of rotatable bonds is 6. The van der Waals surface area contributed by atoms with Gasteiger partial charge in [0.25, 0.3) is 5.91 Å². The highest BCUT2D eigenvalue weighted by atomic mass is 16.4. The van der Waals surface area contributed by atoms with Gasteiger partial charge in [0.15, 0.2) is 0 Å². The molecule has 0 atom stereocenters. The van der Waals surface area contributed by atoms with Crippen LogP contribution in [0.1, 0.15) is 35.3 Å². The second kappa shape index (κ2) is 7.59. The van der Waals surface area contributed by atoms with Crippen LogP contribution in [0.4, 0.5) is 0 Å². The van der Waals surface area contributed by atoms with Crippen LogP contribution in [0.3, 0.4) is 0 Å². The smallest absolute Gasteiger partial charge is 0.328 e. The predicted molar refractivity (Wildman–Crippen MR) is 81.1 cm³/mol. The lowest BCUT2D eigenvalue weighted by molar-refractivity contribution is -0.131. The van der Waals surface area contributed by atoms with E-state index in [-0.39, 0.29) is 25.1 Å². The first-order chi connectivity index (χ1) is 9.86. The first-order valence-corrected chi connectivity index (χ1v) is 6.80. The standard InChI is InChI=1S/C16H21NO4/c1-11(2)17(8-9-18)16(21)14-5-4-13(12(3)10-14)6-7-15(19)20/h4-7,10-11,18H,8-9H2,1-3H3,(H,19,20)/b7-6+. The van der Waals surface area contributed by atoms with Crippen molar-refractivity contribution in [1.82, 2.24) is 4.90 Å². The molecule has 0 fully saturated rings. The van der Waals surface area contributed by atoms with E-state index in [1.807, 2.05) is 20.8 Å². The normalized spacial score (nSPS) is 11.1. The summed E-state index contributed by atoms with van der Waals surface area (Å²) in [5.74, 6) is -1.15. The highest BCUT2D eigenvalue weighted by Crippen LogP contribution is 2.15. The van der Waals surface area contributed by atoms with Crippen LogP contribution in [0.15, 0.2) is 24.3 Å². The average molecular weight is 291 g/mol. The van der Waals surface area contributed by atoms with Crippen LogP contribution >= 0.6 is 0 Å². The highest BCUT2D eigenvalue weighted by molar-refractivity contribution is 5.95. The van der Waals surface area contributed by atoms with Gasteiger partial charge in [-0.2, -0.15) is 0 Å². The SMILES string of the molecule is Cc1cc(C(=O)N(CCO)C(C)C)ccc1/C=C/C(=O)O. The van der Waals surface area contributed by atoms with Gasteiger partial charge in [0, 0.05) is 24.2 Å². The molecule has 1 aromatic carbocycles. The number of aryl methyl sites for hydroxylation is 1. The zero-order valence-electron chi connectivity index (χ0n) is 12.5. The first kappa shape index (κ1) is 16.9. The summed E-state index contributed by atoms with van der Waals surface area (Å²) in [5.41, 5.74) is 2.11. The molecule has 0 unspecified atom stereocenters. The Morgan fingerprint density at radius 1 is 1.33 bits per heavy atom. The van der Waals surface area contributed by atoms with Crippen molar-refractivity contribution in [2.45, 2.75) is 26.8 Å². The van der Waals surface area contributed by atoms with E-state index in [0.717, 1.165) is 17.2 Å². The second-order valence-electron chi connectivity index (χ2n) is 5.06. The number of hydrogen-bond acceptors (Lipinski definition) is 3. The molecule has 1 amide bonds. The third-order valence-electron chi connectivity index (χ3n) is 3.15. The zero-order valence-corrected chi connectivity index (χ0v) is 12.5. The van der Waals surface area contributed by atoms with Gasteiger partial charge in [0.2, 0.25) is 0 Å². The Bertz CT molecular complexity index is 549. The average Bonchev–Trinajstić information content (AvgIpc) is 2.42. The minimum Gasteiger partial charge on any atom is -0.478 e. The van der Waals surface area contributed by atoms with Crippen LogP contribution in [0, 0.1) is 6.92 Å². The fraction of sp³-hybridized carbons (Fsp3) is 0.375. The lowest BCUT2D eigenvalue weighted by Crippen LogP contribution is -2.39. The molecular formula is C16H21NO4. The molecule has 0 bridgehead atoms. The van der Waals surface area contributed by atoms with Crippen molar-refractivity contribution in [1.29, 1.82) is 0 Å². The summed E-state index contributed by atoms with van der Waals surface area (Å²) >= 11 is 0. The van der Waals surface area contributed by atoms with Crippen molar-refractivity contribution in [2.24, 2.45) is 0 Å². The number of hydrogen-bond donors (Lipinski definition) is 2. The van der Waals surface area contributed by atoms with E-state index in [4.69, 9.17) is 10.2 Å². The molecule has 114 valence electrons. The maximum absolute atomic E-state index is 12.4. The van der Waals surface area contributed by atoms with Crippen LogP contribution in [0.5, 0.6) is 0 Å². The molecule has 0 saturated heterocycles. The van der Waals surface area contributed by atoms with Gasteiger partial charge < -0.3 is 15.1 Å². The van der Waals surface area contributed by atoms with Gasteiger partial charge >= 0.3 is 5.97 Å². The molecule has 5 nitrogen and oxygen atoms in total. The van der Waals surface area contributed by atoms with Gasteiger partial charge in [-0.15, -0.1) is 0 Å². The first-order valence-electron chi connectivity index (χ1n) is 6.80. The van der Waals surface area contributed by atoms with Gasteiger partial charge in [-0.3, -0.25) is 4.79 Å². The van der Waals surface area contributed by atoms with Crippen LogP contribution in [0.2, 0.25) is 0 Å². The van der Waals surface area contributed by atoms with Gasteiger partial charge in [0.05, 0.1) is 6.61 Å². The zero-order chi connectivity index (χ0) is 16.0. The van der Waals surface area contributed by atoms with Gasteiger partial charge in [-0.25, -0.2) is 4.79 Å². The maximum Gasteiger partial charge on any atom is 0.328 e. The van der Waals surface area contributed by atoms with Gasteiger partial charge in [-0.05, 0) is 50.1 Å². The van der Waals surface area contributed by atoms with Crippen LogP contribution < -0.4 is 0 Å². The van der Waals surface area contributed by atoms with Crippen molar-refractivity contribution in [3.63, 3.8) is 0 Å². The summed E-state index contributed by atoms with van der Waals surface area (Å²) in [6.45, 7) is 5.82. The van der Waals surface area contributed by atoms with Crippen LogP contribution in [-0.2, 0) is 4.79 Å². The molecule has 0 heterocycles. The van der Waals surface area contributed by atoms with Gasteiger partial charge in [0.1, 0.15) is 0 Å². The summed E-state index contributed by atoms with van der Waals surface area (Å²) in [6, 6.07) is 5.12. The molecule has 0 aliphatic carbocycles. The molecule has 0 radical (unpaired) electrons. The molecule has 0 spiro atoms. The summed E-state index contributed by atoms with van der Waals surface area (Å²) in [4.78, 5) is 24.5. The molecule has 0 aromatic heterocycles. The topological polar surface area (TPSA) is 77.8 Å². The van der Waals surface area contributed by atoms with E-state index in [1.165, 1.54) is 6.08 Å². The van der Waals surface area contributed by atoms with Crippen molar-refractivity contribution < 1.29 is 19.8 Å². The second-order valence-corrected chi connectivity index (χ2v) is 5.06. The fourth-order valence-electron chi connectivity index (χ4n) is 2.02. The Balaban J connectivity index is 3.02. The highest BCUT2D eigenvalue weighted by Gasteiger charge is 2.18. The molecule has 2 N–H and O–H groups in total. The Morgan fingerprint density at radius 3 is 2.48 bits per heavy atom. The summed E-state index contributed by atoms with van der Waals surface area (Å²) in [7, 11) is 0. The van der Waals surface area contributed by atoms with Crippen molar-refractivity contribution >= 4 is 18.0 Å². The number of nitrogens with zero attached hydrogens (tertiary/aromatic N) is 1. The van der Waals surface area contributed by atoms with Gasteiger partial charge in [-0.1, -0.05) is 6.07 Å². The third-order valence-corrected chi connectivity index (χ3v) is 3.15. The number of carboxylic acid groups (broad SMARTS) is 1. The van der Waals surface area contributed by atoms with E-state index < -0.39 is 5.97 Å². The van der Waals surface area contributed by atoms with Crippen LogP contribution in [-0.4, -0.2) is 46.2 Å². The number of carbonyl (C=O) groups excluding carboxylic acids is 1. The summed E-state index contributed by atoms with van der Waals surface area (Å²) in [6.07, 6.45) is 2.57. The maximum atomic E-state index is 12.4. The monoisotopic (exact) mass is 291 g/mol. The number of carbonyl (C=O) groups is 2. The van der Waals surface area contributed by atoms with E-state index in [2.05, 4.69) is 0 Å². The molecule has 0 saturated carbocycles. The van der Waals surface area contributed by atoms with E-state index >= 15 is 0 Å². The summed E-state index contributed by atoms with van der Waals surface area (Å²) < 4.78 is 0. The molecule has 5 heteroatoms. The number of benzene rings is 1. The largest absolute Gasteiger partial charge is 0.478 e. The minimum atomic E-state index is -1.01. The Morgan fingerprint density at radius 2 is 2.00 bits per heavy atom.